The molecule has 0 heterocycles. The summed E-state index contributed by atoms with van der Waals surface area (Å²) >= 11 is 0. The lowest BCUT2D eigenvalue weighted by Crippen LogP contribution is -2.31. The molecule has 4 heteroatoms. The van der Waals surface area contributed by atoms with E-state index in [9.17, 15) is 9.59 Å². The summed E-state index contributed by atoms with van der Waals surface area (Å²) in [5.41, 5.74) is 2.05. The number of carboxylic acids is 1. The minimum Gasteiger partial charge on any atom is -0.478 e. The van der Waals surface area contributed by atoms with Gasteiger partial charge in [0.2, 0.25) is 0 Å². The van der Waals surface area contributed by atoms with Gasteiger partial charge in [-0.25, -0.2) is 4.79 Å². The van der Waals surface area contributed by atoms with E-state index in [1.165, 1.54) is 6.92 Å². The van der Waals surface area contributed by atoms with Crippen molar-refractivity contribution < 1.29 is 14.7 Å². The minimum absolute atomic E-state index is 0.214. The van der Waals surface area contributed by atoms with Crippen LogP contribution < -0.4 is 4.90 Å². The maximum Gasteiger partial charge on any atom is 0.328 e. The molecule has 0 aromatic heterocycles. The van der Waals surface area contributed by atoms with Crippen LogP contribution in [0.5, 0.6) is 0 Å². The summed E-state index contributed by atoms with van der Waals surface area (Å²) in [5, 5.41) is 8.65. The van der Waals surface area contributed by atoms with Crippen molar-refractivity contribution in [1.82, 2.24) is 0 Å². The zero-order valence-electron chi connectivity index (χ0n) is 10.8. The van der Waals surface area contributed by atoms with E-state index < -0.39 is 5.97 Å². The number of nitrogens with zero attached hydrogens (tertiary/aromatic N) is 1. The minimum atomic E-state index is -1.11. The number of amides is 1. The standard InChI is InChI=1S/C14H17NO3/c1-4-15(12-7-5-6-10(2)8-12)14(18)11(3)9-13(16)17/h5-9H,4H2,1-3H3,(H,16,17)/b11-9+. The number of hydrogen-bond acceptors (Lipinski definition) is 2. The average molecular weight is 247 g/mol. The molecule has 0 radical (unpaired) electrons. The lowest BCUT2D eigenvalue weighted by atomic mass is 10.1. The smallest absolute Gasteiger partial charge is 0.328 e. The quantitative estimate of drug-likeness (QED) is 0.831. The Morgan fingerprint density at radius 1 is 1.39 bits per heavy atom. The Labute approximate surface area is 107 Å². The zero-order valence-corrected chi connectivity index (χ0v) is 10.8. The molecule has 1 rings (SSSR count). The fourth-order valence-corrected chi connectivity index (χ4v) is 1.70. The first-order valence-electron chi connectivity index (χ1n) is 5.75. The molecule has 0 atom stereocenters. The molecule has 0 bridgehead atoms. The first-order valence-corrected chi connectivity index (χ1v) is 5.75. The van der Waals surface area contributed by atoms with Crippen LogP contribution in [-0.2, 0) is 9.59 Å². The SMILES string of the molecule is CCN(C(=O)/C(C)=C/C(=O)O)c1cccc(C)c1. The van der Waals surface area contributed by atoms with E-state index in [0.29, 0.717) is 6.54 Å². The summed E-state index contributed by atoms with van der Waals surface area (Å²) in [5.74, 6) is -1.40. The summed E-state index contributed by atoms with van der Waals surface area (Å²) < 4.78 is 0. The average Bonchev–Trinajstić information content (AvgIpc) is 2.29. The predicted molar refractivity (Wildman–Crippen MR) is 70.6 cm³/mol. The molecule has 1 amide bonds. The van der Waals surface area contributed by atoms with Crippen LogP contribution in [0.3, 0.4) is 0 Å². The largest absolute Gasteiger partial charge is 0.478 e. The fourth-order valence-electron chi connectivity index (χ4n) is 1.70. The second-order valence-corrected chi connectivity index (χ2v) is 4.05. The topological polar surface area (TPSA) is 57.6 Å². The molecular formula is C14H17NO3. The molecule has 1 aromatic rings. The van der Waals surface area contributed by atoms with Gasteiger partial charge < -0.3 is 10.0 Å². The van der Waals surface area contributed by atoms with Gasteiger partial charge >= 0.3 is 5.97 Å². The van der Waals surface area contributed by atoms with E-state index in [0.717, 1.165) is 17.3 Å². The van der Waals surface area contributed by atoms with Crippen molar-refractivity contribution in [2.24, 2.45) is 0 Å². The Balaban J connectivity index is 3.04. The zero-order chi connectivity index (χ0) is 13.7. The van der Waals surface area contributed by atoms with Crippen LogP contribution >= 0.6 is 0 Å². The van der Waals surface area contributed by atoms with Crippen LogP contribution in [0.15, 0.2) is 35.9 Å². The molecule has 4 nitrogen and oxygen atoms in total. The number of benzene rings is 1. The van der Waals surface area contributed by atoms with Crippen molar-refractivity contribution in [3.8, 4) is 0 Å². The second-order valence-electron chi connectivity index (χ2n) is 4.05. The van der Waals surface area contributed by atoms with Crippen LogP contribution in [0.25, 0.3) is 0 Å². The summed E-state index contributed by atoms with van der Waals surface area (Å²) in [6.45, 7) is 5.80. The normalized spacial score (nSPS) is 11.2. The van der Waals surface area contributed by atoms with Gasteiger partial charge in [0.05, 0.1) is 0 Å². The second kappa shape index (κ2) is 6.00. The molecule has 1 N–H and O–H groups in total. The number of carbonyl (C=O) groups excluding carboxylic acids is 1. The summed E-state index contributed by atoms with van der Waals surface area (Å²) in [7, 11) is 0. The van der Waals surface area contributed by atoms with Crippen molar-refractivity contribution in [1.29, 1.82) is 0 Å². The monoisotopic (exact) mass is 247 g/mol. The molecule has 0 fully saturated rings. The van der Waals surface area contributed by atoms with E-state index in [-0.39, 0.29) is 11.5 Å². The van der Waals surface area contributed by atoms with Crippen molar-refractivity contribution in [2.45, 2.75) is 20.8 Å². The molecule has 1 aromatic carbocycles. The van der Waals surface area contributed by atoms with Crippen molar-refractivity contribution >= 4 is 17.6 Å². The van der Waals surface area contributed by atoms with Gasteiger partial charge in [-0.1, -0.05) is 12.1 Å². The van der Waals surface area contributed by atoms with E-state index in [4.69, 9.17) is 5.11 Å². The lowest BCUT2D eigenvalue weighted by molar-refractivity contribution is -0.131. The number of likely N-dealkylation sites (N-methyl/N-ethyl adjacent to an activating group) is 1. The van der Waals surface area contributed by atoms with Gasteiger partial charge in [-0.05, 0) is 38.5 Å². The molecule has 96 valence electrons. The van der Waals surface area contributed by atoms with E-state index in [1.807, 2.05) is 38.1 Å². The first kappa shape index (κ1) is 14.0. The summed E-state index contributed by atoms with van der Waals surface area (Å²) in [6.07, 6.45) is 0.931. The van der Waals surface area contributed by atoms with Gasteiger partial charge in [0, 0.05) is 23.9 Å². The number of rotatable bonds is 4. The molecule has 0 saturated heterocycles. The Morgan fingerprint density at radius 2 is 2.06 bits per heavy atom. The third kappa shape index (κ3) is 3.45. The number of anilines is 1. The molecule has 0 unspecified atom stereocenters. The van der Waals surface area contributed by atoms with Crippen molar-refractivity contribution in [3.63, 3.8) is 0 Å². The summed E-state index contributed by atoms with van der Waals surface area (Å²) in [4.78, 5) is 24.2. The van der Waals surface area contributed by atoms with E-state index in [2.05, 4.69) is 0 Å². The highest BCUT2D eigenvalue weighted by Gasteiger charge is 2.16. The third-order valence-electron chi connectivity index (χ3n) is 2.55. The number of aliphatic carboxylic acids is 1. The number of carbonyl (C=O) groups is 2. The molecule has 18 heavy (non-hydrogen) atoms. The highest BCUT2D eigenvalue weighted by Crippen LogP contribution is 2.17. The lowest BCUT2D eigenvalue weighted by Gasteiger charge is -2.21. The number of hydrogen-bond donors (Lipinski definition) is 1. The Kier molecular flexibility index (Phi) is 4.66. The van der Waals surface area contributed by atoms with Gasteiger partial charge in [0.1, 0.15) is 0 Å². The van der Waals surface area contributed by atoms with E-state index in [1.54, 1.807) is 4.90 Å². The number of aryl methyl sites for hydroxylation is 1. The van der Waals surface area contributed by atoms with Gasteiger partial charge in [-0.15, -0.1) is 0 Å². The van der Waals surface area contributed by atoms with Crippen LogP contribution in [0.1, 0.15) is 19.4 Å². The van der Waals surface area contributed by atoms with Gasteiger partial charge in [0.15, 0.2) is 0 Å². The highest BCUT2D eigenvalue weighted by molar-refractivity contribution is 6.07. The van der Waals surface area contributed by atoms with E-state index >= 15 is 0 Å². The molecule has 0 aliphatic heterocycles. The Hall–Kier alpha value is -2.10. The summed E-state index contributed by atoms with van der Waals surface area (Å²) in [6, 6.07) is 7.55. The molecule has 0 aliphatic rings. The Bertz CT molecular complexity index is 492. The predicted octanol–water partition coefficient (Wildman–Crippen LogP) is 2.38. The van der Waals surface area contributed by atoms with Gasteiger partial charge in [0.25, 0.3) is 5.91 Å². The number of carboxylic acid groups (broad SMARTS) is 1. The third-order valence-corrected chi connectivity index (χ3v) is 2.55. The highest BCUT2D eigenvalue weighted by atomic mass is 16.4. The Morgan fingerprint density at radius 3 is 2.56 bits per heavy atom. The van der Waals surface area contributed by atoms with Crippen molar-refractivity contribution in [2.75, 3.05) is 11.4 Å². The molecule has 0 aliphatic carbocycles. The molecule has 0 spiro atoms. The first-order chi connectivity index (χ1) is 8.45. The van der Waals surface area contributed by atoms with Gasteiger partial charge in [-0.2, -0.15) is 0 Å². The van der Waals surface area contributed by atoms with Crippen LogP contribution in [0.2, 0.25) is 0 Å². The molecular weight excluding hydrogens is 230 g/mol. The van der Waals surface area contributed by atoms with Crippen LogP contribution in [0, 0.1) is 6.92 Å². The fraction of sp³-hybridized carbons (Fsp3) is 0.286. The maximum absolute atomic E-state index is 12.1. The van der Waals surface area contributed by atoms with Crippen LogP contribution in [-0.4, -0.2) is 23.5 Å². The van der Waals surface area contributed by atoms with Crippen molar-refractivity contribution in [3.05, 3.63) is 41.5 Å². The van der Waals surface area contributed by atoms with Crippen LogP contribution in [0.4, 0.5) is 5.69 Å². The molecule has 0 saturated carbocycles. The maximum atomic E-state index is 12.1. The van der Waals surface area contributed by atoms with Gasteiger partial charge in [-0.3, -0.25) is 4.79 Å².